The van der Waals surface area contributed by atoms with Crippen LogP contribution in [0.2, 0.25) is 0 Å². The van der Waals surface area contributed by atoms with Gasteiger partial charge in [0.25, 0.3) is 0 Å². The maximum absolute atomic E-state index is 12.1. The van der Waals surface area contributed by atoms with Gasteiger partial charge in [0.2, 0.25) is 5.91 Å². The molecule has 1 aromatic rings. The zero-order valence-corrected chi connectivity index (χ0v) is 19.0. The minimum atomic E-state index is -0.178. The number of hydrogen-bond donors (Lipinski definition) is 3. The highest BCUT2D eigenvalue weighted by atomic mass is 16.5. The zero-order chi connectivity index (χ0) is 23.0. The number of carbonyl (C=O) groups excluding carboxylic acids is 2. The van der Waals surface area contributed by atoms with Crippen molar-refractivity contribution in [1.82, 2.24) is 15.6 Å². The Hall–Kier alpha value is -3.29. The molecule has 0 radical (unpaired) electrons. The third-order valence-electron chi connectivity index (χ3n) is 5.63. The first-order chi connectivity index (χ1) is 15.1. The molecule has 3 aliphatic rings. The van der Waals surface area contributed by atoms with E-state index in [-0.39, 0.29) is 35.4 Å². The van der Waals surface area contributed by atoms with E-state index in [1.807, 2.05) is 19.1 Å². The fourth-order valence-electron chi connectivity index (χ4n) is 3.85. The number of urea groups is 1. The summed E-state index contributed by atoms with van der Waals surface area (Å²) >= 11 is 0. The summed E-state index contributed by atoms with van der Waals surface area (Å²) in [5.74, 6) is 2.70. The van der Waals surface area contributed by atoms with Crippen LogP contribution < -0.4 is 20.7 Å². The maximum atomic E-state index is 12.1. The first-order valence-corrected chi connectivity index (χ1v) is 10.9. The summed E-state index contributed by atoms with van der Waals surface area (Å²) in [6.45, 7) is 12.8. The van der Waals surface area contributed by atoms with Crippen LogP contribution in [0.5, 0.6) is 5.75 Å². The van der Waals surface area contributed by atoms with Crippen LogP contribution in [0.3, 0.4) is 0 Å². The van der Waals surface area contributed by atoms with E-state index in [2.05, 4.69) is 48.3 Å². The van der Waals surface area contributed by atoms with Crippen LogP contribution in [-0.4, -0.2) is 35.6 Å². The van der Waals surface area contributed by atoms with Crippen LogP contribution >= 0.6 is 0 Å². The van der Waals surface area contributed by atoms with Crippen molar-refractivity contribution in [2.45, 2.75) is 52.7 Å². The number of nitrogens with one attached hydrogen (secondary N) is 3. The summed E-state index contributed by atoms with van der Waals surface area (Å²) in [7, 11) is 0. The number of allylic oxidation sites excluding steroid dienone is 4. The van der Waals surface area contributed by atoms with Gasteiger partial charge in [0.15, 0.2) is 0 Å². The minimum Gasteiger partial charge on any atom is -0.487 e. The van der Waals surface area contributed by atoms with Gasteiger partial charge in [0.1, 0.15) is 29.2 Å². The topological polar surface area (TPSA) is 102 Å². The molecule has 4 rings (SSSR count). The molecule has 0 spiro atoms. The number of hydrogen-bond acceptors (Lipinski definition) is 5. The van der Waals surface area contributed by atoms with Crippen molar-refractivity contribution in [2.75, 3.05) is 11.9 Å². The number of nitrogens with zero attached hydrogens (tertiary/aromatic N) is 1. The quantitative estimate of drug-likeness (QED) is 0.612. The van der Waals surface area contributed by atoms with E-state index in [0.717, 1.165) is 11.1 Å². The predicted octanol–water partition coefficient (Wildman–Crippen LogP) is 3.43. The molecule has 1 saturated heterocycles. The number of ether oxygens (including phenoxy) is 2. The molecule has 0 aromatic carbocycles. The molecule has 170 valence electrons. The molecule has 1 aliphatic carbocycles. The Morgan fingerprint density at radius 2 is 2.19 bits per heavy atom. The van der Waals surface area contributed by atoms with Gasteiger partial charge in [-0.05, 0) is 42.6 Å². The Kier molecular flexibility index (Phi) is 5.71. The zero-order valence-electron chi connectivity index (χ0n) is 19.0. The average molecular weight is 439 g/mol. The molecular formula is C24H30N4O4. The summed E-state index contributed by atoms with van der Waals surface area (Å²) in [5.41, 5.74) is 1.81. The third kappa shape index (κ3) is 4.79. The lowest BCUT2D eigenvalue weighted by Crippen LogP contribution is -2.42. The summed E-state index contributed by atoms with van der Waals surface area (Å²) in [6, 6.07) is 1.57. The molecule has 32 heavy (non-hydrogen) atoms. The van der Waals surface area contributed by atoms with Gasteiger partial charge in [-0.15, -0.1) is 0 Å². The SMILES string of the molecule is C=C1/C(=C\C=C(/C)Oc2ccnc3c2CCC(=O)N3)O[C@@H]2[C@@H](NC(=O)NCC(C)(C)C)[C@H]12. The molecule has 0 bridgehead atoms. The summed E-state index contributed by atoms with van der Waals surface area (Å²) in [5, 5.41) is 8.63. The number of rotatable bonds is 5. The molecule has 3 atom stereocenters. The maximum Gasteiger partial charge on any atom is 0.315 e. The second-order valence-corrected chi connectivity index (χ2v) is 9.64. The Labute approximate surface area is 188 Å². The highest BCUT2D eigenvalue weighted by Gasteiger charge is 2.60. The molecule has 0 unspecified atom stereocenters. The standard InChI is InChI=1S/C24H30N4O4/c1-13(31-17-10-11-25-22-15(17)7-9-18(29)27-22)6-8-16-14(2)19-20(21(19)32-16)28-23(30)26-12-24(3,4)5/h6,8,10-11,19-21H,2,7,9,12H2,1,3-5H3,(H,25,27,29)(H2,26,28,30)/b13-6+,16-8+/t19-,20-,21-/m0/s1. The van der Waals surface area contributed by atoms with Crippen LogP contribution in [0.1, 0.15) is 39.7 Å². The van der Waals surface area contributed by atoms with Gasteiger partial charge >= 0.3 is 6.03 Å². The van der Waals surface area contributed by atoms with E-state index in [1.165, 1.54) is 0 Å². The third-order valence-corrected chi connectivity index (χ3v) is 5.63. The van der Waals surface area contributed by atoms with Gasteiger partial charge in [-0.3, -0.25) is 4.79 Å². The molecule has 8 nitrogen and oxygen atoms in total. The van der Waals surface area contributed by atoms with Crippen molar-refractivity contribution >= 4 is 17.8 Å². The van der Waals surface area contributed by atoms with Gasteiger partial charge in [-0.2, -0.15) is 0 Å². The highest BCUT2D eigenvalue weighted by Crippen LogP contribution is 2.50. The molecule has 8 heteroatoms. The lowest BCUT2D eigenvalue weighted by molar-refractivity contribution is -0.116. The van der Waals surface area contributed by atoms with Gasteiger partial charge in [-0.1, -0.05) is 27.4 Å². The number of fused-ring (bicyclic) bond motifs is 2. The van der Waals surface area contributed by atoms with E-state index < -0.39 is 0 Å². The van der Waals surface area contributed by atoms with Gasteiger partial charge in [0.05, 0.1) is 12.0 Å². The van der Waals surface area contributed by atoms with Crippen LogP contribution in [-0.2, 0) is 16.0 Å². The van der Waals surface area contributed by atoms with E-state index in [0.29, 0.717) is 42.5 Å². The van der Waals surface area contributed by atoms with Crippen molar-refractivity contribution in [3.8, 4) is 5.75 Å². The number of carbonyl (C=O) groups is 2. The number of pyridine rings is 1. The smallest absolute Gasteiger partial charge is 0.315 e. The number of amides is 3. The second kappa shape index (κ2) is 8.33. The fourth-order valence-corrected chi connectivity index (χ4v) is 3.85. The van der Waals surface area contributed by atoms with E-state index in [1.54, 1.807) is 12.3 Å². The molecule has 3 N–H and O–H groups in total. The van der Waals surface area contributed by atoms with Crippen LogP contribution in [0.25, 0.3) is 0 Å². The number of anilines is 1. The van der Waals surface area contributed by atoms with Crippen molar-refractivity contribution in [3.05, 3.63) is 53.6 Å². The molecule has 1 saturated carbocycles. The normalized spacial score (nSPS) is 25.4. The highest BCUT2D eigenvalue weighted by molar-refractivity contribution is 5.93. The second-order valence-electron chi connectivity index (χ2n) is 9.64. The van der Waals surface area contributed by atoms with E-state index >= 15 is 0 Å². The molecular weight excluding hydrogens is 408 g/mol. The van der Waals surface area contributed by atoms with Crippen LogP contribution in [0.15, 0.2) is 48.1 Å². The Morgan fingerprint density at radius 1 is 1.41 bits per heavy atom. The molecule has 2 fully saturated rings. The summed E-state index contributed by atoms with van der Waals surface area (Å²) in [4.78, 5) is 27.9. The first kappa shape index (κ1) is 21.9. The lowest BCUT2D eigenvalue weighted by atomic mass is 9.97. The number of aromatic nitrogens is 1. The Morgan fingerprint density at radius 3 is 2.88 bits per heavy atom. The van der Waals surface area contributed by atoms with Gasteiger partial charge in [0, 0.05) is 24.7 Å². The van der Waals surface area contributed by atoms with E-state index in [4.69, 9.17) is 9.47 Å². The Balaban J connectivity index is 1.32. The monoisotopic (exact) mass is 438 g/mol. The van der Waals surface area contributed by atoms with Crippen LogP contribution in [0.4, 0.5) is 10.6 Å². The Bertz CT molecular complexity index is 1020. The van der Waals surface area contributed by atoms with Crippen molar-refractivity contribution in [1.29, 1.82) is 0 Å². The average Bonchev–Trinajstić information content (AvgIpc) is 3.28. The molecule has 3 heterocycles. The summed E-state index contributed by atoms with van der Waals surface area (Å²) in [6.07, 6.45) is 6.24. The van der Waals surface area contributed by atoms with Crippen molar-refractivity contribution < 1.29 is 19.1 Å². The minimum absolute atomic E-state index is 0.0303. The first-order valence-electron chi connectivity index (χ1n) is 10.9. The summed E-state index contributed by atoms with van der Waals surface area (Å²) < 4.78 is 12.0. The largest absolute Gasteiger partial charge is 0.487 e. The predicted molar refractivity (Wildman–Crippen MR) is 121 cm³/mol. The van der Waals surface area contributed by atoms with Crippen LogP contribution in [0, 0.1) is 11.3 Å². The molecule has 2 aliphatic heterocycles. The lowest BCUT2D eigenvalue weighted by Gasteiger charge is -2.19. The van der Waals surface area contributed by atoms with E-state index in [9.17, 15) is 9.59 Å². The fraction of sp³-hybridized carbons (Fsp3) is 0.458. The molecule has 3 amide bonds. The molecule has 1 aromatic heterocycles. The van der Waals surface area contributed by atoms with Gasteiger partial charge in [-0.25, -0.2) is 9.78 Å². The van der Waals surface area contributed by atoms with Gasteiger partial charge < -0.3 is 25.4 Å². The van der Waals surface area contributed by atoms with Crippen molar-refractivity contribution in [3.63, 3.8) is 0 Å². The van der Waals surface area contributed by atoms with Crippen molar-refractivity contribution in [2.24, 2.45) is 11.3 Å².